The number of anilines is 1. The molecule has 1 aromatic carbocycles. The number of nitriles is 1. The largest absolute Gasteiger partial charge is 0.368 e. The third-order valence-corrected chi connectivity index (χ3v) is 3.31. The number of nitrogens with two attached hydrogens (primary N) is 2. The number of rotatable bonds is 5. The fourth-order valence-corrected chi connectivity index (χ4v) is 1.81. The molecule has 1 rings (SSSR count). The molecule has 2 amide bonds. The molecule has 0 aliphatic carbocycles. The van der Waals surface area contributed by atoms with Crippen molar-refractivity contribution in [3.8, 4) is 6.07 Å². The van der Waals surface area contributed by atoms with Crippen molar-refractivity contribution in [3.05, 3.63) is 29.8 Å². The first-order chi connectivity index (χ1) is 9.79. The molecular weight excluding hydrogens is 268 g/mol. The molecule has 0 saturated carbocycles. The van der Waals surface area contributed by atoms with Crippen LogP contribution in [0.3, 0.4) is 0 Å². The molecule has 112 valence electrons. The maximum absolute atomic E-state index is 12.5. The lowest BCUT2D eigenvalue weighted by Gasteiger charge is -2.31. The second-order valence-corrected chi connectivity index (χ2v) is 5.22. The summed E-state index contributed by atoms with van der Waals surface area (Å²) in [4.78, 5) is 25.3. The summed E-state index contributed by atoms with van der Waals surface area (Å²) in [6.45, 7) is 5.20. The minimum Gasteiger partial charge on any atom is -0.368 e. The van der Waals surface area contributed by atoms with E-state index in [1.807, 2.05) is 19.9 Å². The maximum Gasteiger partial charge on any atom is 0.244 e. The van der Waals surface area contributed by atoms with Gasteiger partial charge >= 0.3 is 0 Å². The van der Waals surface area contributed by atoms with E-state index in [4.69, 9.17) is 16.7 Å². The SMILES string of the molecule is CC(C)[C@H](N)C(=O)N(c1ccc(C#N)cc1)[C@@H](C)C(N)=O. The number of primary amides is 1. The van der Waals surface area contributed by atoms with E-state index in [1.165, 1.54) is 4.90 Å². The smallest absolute Gasteiger partial charge is 0.244 e. The molecule has 0 aromatic heterocycles. The van der Waals surface area contributed by atoms with Gasteiger partial charge in [-0.1, -0.05) is 13.8 Å². The Bertz CT molecular complexity index is 560. The molecule has 0 bridgehead atoms. The zero-order valence-corrected chi connectivity index (χ0v) is 12.4. The van der Waals surface area contributed by atoms with E-state index in [0.717, 1.165) is 0 Å². The highest BCUT2D eigenvalue weighted by Crippen LogP contribution is 2.20. The van der Waals surface area contributed by atoms with E-state index < -0.39 is 18.0 Å². The van der Waals surface area contributed by atoms with E-state index in [1.54, 1.807) is 31.2 Å². The quantitative estimate of drug-likeness (QED) is 0.832. The maximum atomic E-state index is 12.5. The number of carbonyl (C=O) groups is 2. The van der Waals surface area contributed by atoms with Crippen LogP contribution in [-0.4, -0.2) is 23.9 Å². The summed E-state index contributed by atoms with van der Waals surface area (Å²) in [6.07, 6.45) is 0. The van der Waals surface area contributed by atoms with Gasteiger partial charge in [0.15, 0.2) is 0 Å². The van der Waals surface area contributed by atoms with Crippen LogP contribution in [-0.2, 0) is 9.59 Å². The lowest BCUT2D eigenvalue weighted by molar-refractivity contribution is -0.125. The Kier molecular flexibility index (Phi) is 5.44. The zero-order valence-electron chi connectivity index (χ0n) is 12.4. The number of amides is 2. The van der Waals surface area contributed by atoms with Crippen LogP contribution in [0.25, 0.3) is 0 Å². The molecule has 21 heavy (non-hydrogen) atoms. The van der Waals surface area contributed by atoms with E-state index in [2.05, 4.69) is 0 Å². The van der Waals surface area contributed by atoms with Crippen molar-refractivity contribution in [2.75, 3.05) is 4.90 Å². The van der Waals surface area contributed by atoms with Crippen molar-refractivity contribution in [2.24, 2.45) is 17.4 Å². The van der Waals surface area contributed by atoms with E-state index in [-0.39, 0.29) is 11.8 Å². The Labute approximate surface area is 124 Å². The molecule has 4 N–H and O–H groups in total. The molecule has 2 atom stereocenters. The minimum atomic E-state index is -0.824. The van der Waals surface area contributed by atoms with Crippen LogP contribution in [0.1, 0.15) is 26.3 Å². The average Bonchev–Trinajstić information content (AvgIpc) is 2.46. The molecule has 6 nitrogen and oxygen atoms in total. The Morgan fingerprint density at radius 1 is 1.19 bits per heavy atom. The van der Waals surface area contributed by atoms with Gasteiger partial charge in [0.25, 0.3) is 0 Å². The number of hydrogen-bond donors (Lipinski definition) is 2. The van der Waals surface area contributed by atoms with Gasteiger partial charge in [-0.25, -0.2) is 0 Å². The molecule has 0 fully saturated rings. The predicted octanol–water partition coefficient (Wildman–Crippen LogP) is 0.748. The average molecular weight is 288 g/mol. The first-order valence-corrected chi connectivity index (χ1v) is 6.67. The zero-order chi connectivity index (χ0) is 16.2. The third-order valence-electron chi connectivity index (χ3n) is 3.31. The highest BCUT2D eigenvalue weighted by atomic mass is 16.2. The van der Waals surface area contributed by atoms with Crippen LogP contribution < -0.4 is 16.4 Å². The number of nitrogens with zero attached hydrogens (tertiary/aromatic N) is 2. The van der Waals surface area contributed by atoms with Gasteiger partial charge in [0.05, 0.1) is 17.7 Å². The first kappa shape index (κ1) is 16.7. The van der Waals surface area contributed by atoms with Gasteiger partial charge in [0, 0.05) is 5.69 Å². The van der Waals surface area contributed by atoms with Crippen molar-refractivity contribution in [1.82, 2.24) is 0 Å². The molecule has 0 saturated heterocycles. The van der Waals surface area contributed by atoms with Crippen molar-refractivity contribution < 1.29 is 9.59 Å². The molecule has 6 heteroatoms. The molecule has 0 radical (unpaired) electrons. The molecule has 0 aliphatic rings. The van der Waals surface area contributed by atoms with Crippen LogP contribution >= 0.6 is 0 Å². The number of hydrogen-bond acceptors (Lipinski definition) is 4. The van der Waals surface area contributed by atoms with Gasteiger partial charge in [0.2, 0.25) is 11.8 Å². The monoisotopic (exact) mass is 288 g/mol. The Morgan fingerprint density at radius 3 is 2.10 bits per heavy atom. The first-order valence-electron chi connectivity index (χ1n) is 6.67. The van der Waals surface area contributed by atoms with E-state index in [9.17, 15) is 9.59 Å². The Hall–Kier alpha value is -2.39. The highest BCUT2D eigenvalue weighted by Gasteiger charge is 2.30. The second kappa shape index (κ2) is 6.86. The summed E-state index contributed by atoms with van der Waals surface area (Å²) < 4.78 is 0. The van der Waals surface area contributed by atoms with Crippen LogP contribution in [0.15, 0.2) is 24.3 Å². The van der Waals surface area contributed by atoms with Crippen LogP contribution in [0.4, 0.5) is 5.69 Å². The van der Waals surface area contributed by atoms with Gasteiger partial charge in [-0.05, 0) is 37.1 Å². The topological polar surface area (TPSA) is 113 Å². The summed E-state index contributed by atoms with van der Waals surface area (Å²) >= 11 is 0. The number of benzene rings is 1. The summed E-state index contributed by atoms with van der Waals surface area (Å²) in [7, 11) is 0. The Balaban J connectivity index is 3.22. The lowest BCUT2D eigenvalue weighted by Crippen LogP contribution is -2.53. The van der Waals surface area contributed by atoms with Crippen molar-refractivity contribution in [1.29, 1.82) is 5.26 Å². The fourth-order valence-electron chi connectivity index (χ4n) is 1.81. The molecular formula is C15H20N4O2. The lowest BCUT2D eigenvalue weighted by atomic mass is 10.0. The normalized spacial score (nSPS) is 13.3. The second-order valence-electron chi connectivity index (χ2n) is 5.22. The minimum absolute atomic E-state index is 0.0709. The van der Waals surface area contributed by atoms with Crippen molar-refractivity contribution >= 4 is 17.5 Å². The van der Waals surface area contributed by atoms with E-state index >= 15 is 0 Å². The fraction of sp³-hybridized carbons (Fsp3) is 0.400. The van der Waals surface area contributed by atoms with Crippen molar-refractivity contribution in [2.45, 2.75) is 32.9 Å². The van der Waals surface area contributed by atoms with Crippen molar-refractivity contribution in [3.63, 3.8) is 0 Å². The molecule has 0 spiro atoms. The molecule has 0 unspecified atom stereocenters. The predicted molar refractivity (Wildman–Crippen MR) is 80.1 cm³/mol. The van der Waals surface area contributed by atoms with Gasteiger partial charge in [-0.3, -0.25) is 14.5 Å². The number of carbonyl (C=O) groups excluding carboxylic acids is 2. The van der Waals surface area contributed by atoms with Crippen LogP contribution in [0.2, 0.25) is 0 Å². The summed E-state index contributed by atoms with van der Waals surface area (Å²) in [6, 6.07) is 6.79. The summed E-state index contributed by atoms with van der Waals surface area (Å²) in [5.41, 5.74) is 12.2. The summed E-state index contributed by atoms with van der Waals surface area (Å²) in [5, 5.41) is 8.81. The Morgan fingerprint density at radius 2 is 1.71 bits per heavy atom. The van der Waals surface area contributed by atoms with Crippen LogP contribution in [0.5, 0.6) is 0 Å². The highest BCUT2D eigenvalue weighted by molar-refractivity contribution is 6.02. The third kappa shape index (κ3) is 3.80. The molecule has 0 heterocycles. The van der Waals surface area contributed by atoms with Gasteiger partial charge in [-0.15, -0.1) is 0 Å². The van der Waals surface area contributed by atoms with Gasteiger partial charge < -0.3 is 11.5 Å². The van der Waals surface area contributed by atoms with Crippen LogP contribution in [0, 0.1) is 17.2 Å². The van der Waals surface area contributed by atoms with Gasteiger partial charge in [-0.2, -0.15) is 5.26 Å². The molecule has 1 aromatic rings. The molecule has 0 aliphatic heterocycles. The van der Waals surface area contributed by atoms with Gasteiger partial charge in [0.1, 0.15) is 6.04 Å². The standard InChI is InChI=1S/C15H20N4O2/c1-9(2)13(17)15(21)19(10(3)14(18)20)12-6-4-11(8-16)5-7-12/h4-7,9-10,13H,17H2,1-3H3,(H2,18,20)/t10-,13-/m0/s1. The summed E-state index contributed by atoms with van der Waals surface area (Å²) in [5.74, 6) is -1.07. The van der Waals surface area contributed by atoms with E-state index in [0.29, 0.717) is 11.3 Å².